The topological polar surface area (TPSA) is 18.5 Å². The van der Waals surface area contributed by atoms with Crippen LogP contribution >= 0.6 is 0 Å². The van der Waals surface area contributed by atoms with Gasteiger partial charge in [0.1, 0.15) is 5.60 Å². The summed E-state index contributed by atoms with van der Waals surface area (Å²) in [4.78, 5) is 0. The monoisotopic (exact) mass is 210 g/mol. The van der Waals surface area contributed by atoms with Gasteiger partial charge in [0.25, 0.3) is 0 Å². The van der Waals surface area contributed by atoms with Gasteiger partial charge in [-0.2, -0.15) is 0 Å². The van der Waals surface area contributed by atoms with Crippen LogP contribution in [-0.2, 0) is 8.85 Å². The molecule has 14 heavy (non-hydrogen) atoms. The average Bonchev–Trinajstić information content (AvgIpc) is 2.11. The van der Waals surface area contributed by atoms with Crippen molar-refractivity contribution in [2.45, 2.75) is 32.0 Å². The highest BCUT2D eigenvalue weighted by Gasteiger charge is 2.21. The molecule has 3 heteroatoms. The van der Waals surface area contributed by atoms with Crippen LogP contribution in [0, 0.1) is 0 Å². The van der Waals surface area contributed by atoms with Crippen molar-refractivity contribution < 1.29 is 8.85 Å². The fourth-order valence-electron chi connectivity index (χ4n) is 0.593. The fourth-order valence-corrected chi connectivity index (χ4v) is 1.28. The van der Waals surface area contributed by atoms with Crippen molar-refractivity contribution in [1.82, 2.24) is 0 Å². The molecule has 0 saturated carbocycles. The van der Waals surface area contributed by atoms with Crippen LogP contribution in [0.5, 0.6) is 0 Å². The van der Waals surface area contributed by atoms with Gasteiger partial charge >= 0.3 is 10.0 Å². The number of hydrogen-bond donors (Lipinski definition) is 0. The Kier molecular flexibility index (Phi) is 5.05. The van der Waals surface area contributed by atoms with Gasteiger partial charge < -0.3 is 8.85 Å². The molecular weight excluding hydrogens is 192 g/mol. The smallest absolute Gasteiger partial charge is 0.388 e. The second-order valence-corrected chi connectivity index (χ2v) is 4.44. The average molecular weight is 210 g/mol. The Bertz CT molecular complexity index is 194. The van der Waals surface area contributed by atoms with E-state index in [1.54, 1.807) is 18.2 Å². The summed E-state index contributed by atoms with van der Waals surface area (Å²) in [5.41, 5.74) is -0.878. The quantitative estimate of drug-likeness (QED) is 0.495. The minimum Gasteiger partial charge on any atom is -0.388 e. The van der Waals surface area contributed by atoms with Crippen molar-refractivity contribution in [2.24, 2.45) is 0 Å². The zero-order valence-electron chi connectivity index (χ0n) is 9.17. The molecule has 0 aromatic carbocycles. The Morgan fingerprint density at radius 2 is 1.36 bits per heavy atom. The van der Waals surface area contributed by atoms with Crippen molar-refractivity contribution in [3.8, 4) is 0 Å². The van der Waals surface area contributed by atoms with Crippen molar-refractivity contribution in [2.75, 3.05) is 0 Å². The van der Waals surface area contributed by atoms with Crippen LogP contribution in [0.25, 0.3) is 0 Å². The molecule has 0 aliphatic rings. The molecule has 0 N–H and O–H groups in total. The summed E-state index contributed by atoms with van der Waals surface area (Å²) in [6.45, 7) is 16.9. The van der Waals surface area contributed by atoms with Gasteiger partial charge in [-0.05, 0) is 20.8 Å². The number of hydrogen-bond acceptors (Lipinski definition) is 2. The molecule has 0 aliphatic heterocycles. The zero-order chi connectivity index (χ0) is 11.2. The SMILES string of the molecule is C=CC(C=C)(C=C)O[Si]OC(C)(C)C. The van der Waals surface area contributed by atoms with E-state index in [1.165, 1.54) is 0 Å². The van der Waals surface area contributed by atoms with Gasteiger partial charge in [-0.25, -0.2) is 0 Å². The Hall–Kier alpha value is -0.643. The van der Waals surface area contributed by atoms with E-state index in [0.717, 1.165) is 0 Å². The molecule has 0 heterocycles. The van der Waals surface area contributed by atoms with E-state index in [-0.39, 0.29) is 15.6 Å². The summed E-state index contributed by atoms with van der Waals surface area (Å²) in [6.07, 6.45) is 4.93. The Labute approximate surface area is 89.4 Å². The van der Waals surface area contributed by atoms with E-state index in [2.05, 4.69) is 19.7 Å². The third-order valence-corrected chi connectivity index (χ3v) is 2.66. The van der Waals surface area contributed by atoms with E-state index in [0.29, 0.717) is 0 Å². The standard InChI is InChI=1S/C11H18O2Si/c1-7-11(8-2,9-3)13-14-12-10(4,5)6/h7-9H,1-3H2,4-6H3. The van der Waals surface area contributed by atoms with Crippen LogP contribution in [0.1, 0.15) is 20.8 Å². The highest BCUT2D eigenvalue weighted by molar-refractivity contribution is 6.18. The molecule has 78 valence electrons. The first kappa shape index (κ1) is 13.4. The van der Waals surface area contributed by atoms with E-state index in [9.17, 15) is 0 Å². The van der Waals surface area contributed by atoms with E-state index in [1.807, 2.05) is 20.8 Å². The van der Waals surface area contributed by atoms with Gasteiger partial charge in [0, 0.05) is 5.60 Å². The summed E-state index contributed by atoms with van der Waals surface area (Å²) >= 11 is 0. The maximum absolute atomic E-state index is 5.50. The first-order chi connectivity index (χ1) is 6.39. The summed E-state index contributed by atoms with van der Waals surface area (Å²) < 4.78 is 11.0. The van der Waals surface area contributed by atoms with Crippen molar-refractivity contribution in [1.29, 1.82) is 0 Å². The van der Waals surface area contributed by atoms with Crippen molar-refractivity contribution in [3.63, 3.8) is 0 Å². The van der Waals surface area contributed by atoms with Gasteiger partial charge in [0.2, 0.25) is 0 Å². The normalized spacial score (nSPS) is 12.2. The van der Waals surface area contributed by atoms with Crippen LogP contribution in [0.2, 0.25) is 0 Å². The lowest BCUT2D eigenvalue weighted by Gasteiger charge is -2.25. The van der Waals surface area contributed by atoms with E-state index < -0.39 is 5.60 Å². The highest BCUT2D eigenvalue weighted by Crippen LogP contribution is 2.16. The molecule has 0 aromatic rings. The Morgan fingerprint density at radius 1 is 0.929 bits per heavy atom. The lowest BCUT2D eigenvalue weighted by atomic mass is 10.1. The maximum Gasteiger partial charge on any atom is 0.435 e. The Balaban J connectivity index is 4.15. The van der Waals surface area contributed by atoms with Crippen LogP contribution < -0.4 is 0 Å². The van der Waals surface area contributed by atoms with Crippen molar-refractivity contribution >= 4 is 10.0 Å². The summed E-state index contributed by atoms with van der Waals surface area (Å²) in [7, 11) is -0.0583. The predicted octanol–water partition coefficient (Wildman–Crippen LogP) is 2.65. The first-order valence-corrected chi connectivity index (χ1v) is 5.22. The van der Waals surface area contributed by atoms with Gasteiger partial charge in [-0.3, -0.25) is 0 Å². The lowest BCUT2D eigenvalue weighted by Crippen LogP contribution is -2.31. The molecule has 0 fully saturated rings. The summed E-state index contributed by atoms with van der Waals surface area (Å²) in [5, 5.41) is 0. The molecule has 2 radical (unpaired) electrons. The second-order valence-electron chi connectivity index (χ2n) is 3.87. The fraction of sp³-hybridized carbons (Fsp3) is 0.455. The molecule has 0 aromatic heterocycles. The molecule has 0 unspecified atom stereocenters. The molecule has 0 bridgehead atoms. The molecule has 0 spiro atoms. The summed E-state index contributed by atoms with van der Waals surface area (Å²) in [6, 6.07) is 0. The third kappa shape index (κ3) is 4.55. The first-order valence-electron chi connectivity index (χ1n) is 4.41. The molecule has 0 rings (SSSR count). The lowest BCUT2D eigenvalue weighted by molar-refractivity contribution is 0.0810. The highest BCUT2D eigenvalue weighted by atomic mass is 28.3. The van der Waals surface area contributed by atoms with E-state index in [4.69, 9.17) is 8.85 Å². The molecular formula is C11H18O2Si. The van der Waals surface area contributed by atoms with Crippen LogP contribution in [0.4, 0.5) is 0 Å². The molecule has 0 saturated heterocycles. The Morgan fingerprint density at radius 3 is 1.64 bits per heavy atom. The molecule has 0 amide bonds. The molecule has 2 nitrogen and oxygen atoms in total. The van der Waals surface area contributed by atoms with E-state index >= 15 is 0 Å². The predicted molar refractivity (Wildman–Crippen MR) is 61.0 cm³/mol. The maximum atomic E-state index is 5.50. The van der Waals surface area contributed by atoms with Gasteiger partial charge in [-0.1, -0.05) is 38.0 Å². The van der Waals surface area contributed by atoms with Crippen molar-refractivity contribution in [3.05, 3.63) is 38.0 Å². The van der Waals surface area contributed by atoms with Crippen LogP contribution in [0.3, 0.4) is 0 Å². The number of rotatable bonds is 6. The molecule has 0 atom stereocenters. The van der Waals surface area contributed by atoms with Gasteiger partial charge in [0.15, 0.2) is 0 Å². The van der Waals surface area contributed by atoms with Gasteiger partial charge in [-0.15, -0.1) is 0 Å². The van der Waals surface area contributed by atoms with Crippen LogP contribution in [0.15, 0.2) is 38.0 Å². The second kappa shape index (κ2) is 5.29. The van der Waals surface area contributed by atoms with Gasteiger partial charge in [0.05, 0.1) is 0 Å². The largest absolute Gasteiger partial charge is 0.435 e. The zero-order valence-corrected chi connectivity index (χ0v) is 10.2. The molecule has 0 aliphatic carbocycles. The third-order valence-electron chi connectivity index (χ3n) is 1.52. The summed E-state index contributed by atoms with van der Waals surface area (Å²) in [5.74, 6) is 0. The minimum atomic E-state index is -0.677. The van der Waals surface area contributed by atoms with Crippen LogP contribution in [-0.4, -0.2) is 21.2 Å². The minimum absolute atomic E-state index is 0.0583.